The van der Waals surface area contributed by atoms with Gasteiger partial charge in [0.25, 0.3) is 0 Å². The summed E-state index contributed by atoms with van der Waals surface area (Å²) >= 11 is 0. The Labute approximate surface area is 137 Å². The Morgan fingerprint density at radius 3 is 2.87 bits per heavy atom. The van der Waals surface area contributed by atoms with Crippen molar-refractivity contribution in [2.24, 2.45) is 5.92 Å². The monoisotopic (exact) mass is 321 g/mol. The maximum Gasteiger partial charge on any atom is 0.249 e. The van der Waals surface area contributed by atoms with Gasteiger partial charge in [-0.1, -0.05) is 5.16 Å². The molecule has 6 heteroatoms. The Hall–Kier alpha value is -1.40. The standard InChI is InChI=1S/C17H27N3O3/c1-10(2)18-17(21)15-7-13-5-6-20(9-16(13)22-15)8-14-11(3)19-23-12(14)4/h10,13,15-16H,5-9H2,1-4H3,(H,18,21)/t13-,15+,16+/m0/s1. The molecule has 3 rings (SSSR count). The molecule has 1 amide bonds. The summed E-state index contributed by atoms with van der Waals surface area (Å²) in [6, 6.07) is 0.157. The molecule has 2 aliphatic heterocycles. The third kappa shape index (κ3) is 3.58. The van der Waals surface area contributed by atoms with Crippen LogP contribution in [0.2, 0.25) is 0 Å². The topological polar surface area (TPSA) is 67.6 Å². The van der Waals surface area contributed by atoms with E-state index in [1.165, 1.54) is 5.56 Å². The first-order chi connectivity index (χ1) is 10.9. The van der Waals surface area contributed by atoms with Crippen LogP contribution in [0.25, 0.3) is 0 Å². The first kappa shape index (κ1) is 16.5. The lowest BCUT2D eigenvalue weighted by molar-refractivity contribution is -0.133. The highest BCUT2D eigenvalue weighted by molar-refractivity contribution is 5.81. The third-order valence-corrected chi connectivity index (χ3v) is 4.92. The van der Waals surface area contributed by atoms with Crippen molar-refractivity contribution in [3.63, 3.8) is 0 Å². The fraction of sp³-hybridized carbons (Fsp3) is 0.765. The molecule has 0 spiro atoms. The normalized spacial score (nSPS) is 28.1. The molecule has 1 aromatic rings. The SMILES string of the molecule is Cc1noc(C)c1CN1CC[C@H]2C[C@H](C(=O)NC(C)C)O[C@@H]2C1. The number of hydrogen-bond acceptors (Lipinski definition) is 5. The lowest BCUT2D eigenvalue weighted by atomic mass is 9.91. The van der Waals surface area contributed by atoms with Gasteiger partial charge >= 0.3 is 0 Å². The zero-order valence-corrected chi connectivity index (χ0v) is 14.5. The van der Waals surface area contributed by atoms with Crippen LogP contribution in [0.3, 0.4) is 0 Å². The minimum absolute atomic E-state index is 0.0340. The Bertz CT molecular complexity index is 550. The number of amides is 1. The second kappa shape index (κ2) is 6.61. The van der Waals surface area contributed by atoms with Gasteiger partial charge in [0, 0.05) is 24.7 Å². The van der Waals surface area contributed by atoms with Crippen LogP contribution in [0.1, 0.15) is 43.7 Å². The van der Waals surface area contributed by atoms with Gasteiger partial charge in [-0.2, -0.15) is 0 Å². The first-order valence-corrected chi connectivity index (χ1v) is 8.54. The van der Waals surface area contributed by atoms with E-state index < -0.39 is 0 Å². The number of carbonyl (C=O) groups is 1. The lowest BCUT2D eigenvalue weighted by Gasteiger charge is -2.33. The summed E-state index contributed by atoms with van der Waals surface area (Å²) in [4.78, 5) is 14.5. The molecule has 0 aromatic carbocycles. The molecule has 2 aliphatic rings. The molecule has 0 unspecified atom stereocenters. The van der Waals surface area contributed by atoms with E-state index in [4.69, 9.17) is 9.26 Å². The molecule has 23 heavy (non-hydrogen) atoms. The summed E-state index contributed by atoms with van der Waals surface area (Å²) in [5.41, 5.74) is 2.14. The van der Waals surface area contributed by atoms with Crippen LogP contribution in [-0.2, 0) is 16.1 Å². The summed E-state index contributed by atoms with van der Waals surface area (Å²) < 4.78 is 11.3. The van der Waals surface area contributed by atoms with Crippen molar-refractivity contribution in [2.75, 3.05) is 13.1 Å². The number of likely N-dealkylation sites (tertiary alicyclic amines) is 1. The van der Waals surface area contributed by atoms with Crippen LogP contribution < -0.4 is 5.32 Å². The molecule has 128 valence electrons. The first-order valence-electron chi connectivity index (χ1n) is 8.54. The van der Waals surface area contributed by atoms with E-state index in [0.717, 1.165) is 43.9 Å². The van der Waals surface area contributed by atoms with Crippen molar-refractivity contribution in [3.05, 3.63) is 17.0 Å². The molecule has 0 bridgehead atoms. The molecular formula is C17H27N3O3. The number of aryl methyl sites for hydroxylation is 2. The zero-order valence-electron chi connectivity index (χ0n) is 14.5. The van der Waals surface area contributed by atoms with Crippen LogP contribution in [0.4, 0.5) is 0 Å². The quantitative estimate of drug-likeness (QED) is 0.916. The van der Waals surface area contributed by atoms with Crippen LogP contribution in [0, 0.1) is 19.8 Å². The van der Waals surface area contributed by atoms with Gasteiger partial charge in [0.1, 0.15) is 11.9 Å². The Morgan fingerprint density at radius 1 is 1.43 bits per heavy atom. The maximum absolute atomic E-state index is 12.2. The predicted molar refractivity (Wildman–Crippen MR) is 85.9 cm³/mol. The molecule has 1 aromatic heterocycles. The van der Waals surface area contributed by atoms with Gasteiger partial charge in [-0.05, 0) is 53.0 Å². The van der Waals surface area contributed by atoms with Crippen molar-refractivity contribution in [3.8, 4) is 0 Å². The summed E-state index contributed by atoms with van der Waals surface area (Å²) in [5.74, 6) is 1.43. The van der Waals surface area contributed by atoms with Crippen molar-refractivity contribution in [1.82, 2.24) is 15.4 Å². The van der Waals surface area contributed by atoms with Gasteiger partial charge in [-0.25, -0.2) is 0 Å². The Balaban J connectivity index is 1.58. The van der Waals surface area contributed by atoms with Gasteiger partial charge < -0.3 is 14.6 Å². The van der Waals surface area contributed by atoms with Crippen LogP contribution in [0.5, 0.6) is 0 Å². The Morgan fingerprint density at radius 2 is 2.22 bits per heavy atom. The number of rotatable bonds is 4. The highest BCUT2D eigenvalue weighted by atomic mass is 16.5. The summed E-state index contributed by atoms with van der Waals surface area (Å²) in [7, 11) is 0. The van der Waals surface area contributed by atoms with Gasteiger partial charge in [0.05, 0.1) is 11.8 Å². The van der Waals surface area contributed by atoms with E-state index >= 15 is 0 Å². The zero-order chi connectivity index (χ0) is 16.6. The van der Waals surface area contributed by atoms with Gasteiger partial charge in [-0.15, -0.1) is 0 Å². The average Bonchev–Trinajstić information content (AvgIpc) is 3.04. The van der Waals surface area contributed by atoms with Crippen molar-refractivity contribution in [2.45, 2.75) is 65.3 Å². The summed E-state index contributed by atoms with van der Waals surface area (Å²) in [6.45, 7) is 10.7. The summed E-state index contributed by atoms with van der Waals surface area (Å²) in [5, 5.41) is 6.98. The molecule has 0 radical (unpaired) electrons. The van der Waals surface area contributed by atoms with Gasteiger partial charge in [0.15, 0.2) is 0 Å². The van der Waals surface area contributed by atoms with E-state index in [0.29, 0.717) is 5.92 Å². The molecule has 1 N–H and O–H groups in total. The van der Waals surface area contributed by atoms with Crippen LogP contribution >= 0.6 is 0 Å². The molecular weight excluding hydrogens is 294 g/mol. The average molecular weight is 321 g/mol. The number of nitrogens with one attached hydrogen (secondary N) is 1. The Kier molecular flexibility index (Phi) is 4.73. The second-order valence-electron chi connectivity index (χ2n) is 7.15. The number of fused-ring (bicyclic) bond motifs is 1. The fourth-order valence-electron chi connectivity index (χ4n) is 3.64. The second-order valence-corrected chi connectivity index (χ2v) is 7.15. The molecule has 6 nitrogen and oxygen atoms in total. The van der Waals surface area contributed by atoms with E-state index in [9.17, 15) is 4.79 Å². The minimum Gasteiger partial charge on any atom is -0.364 e. The number of nitrogens with zero attached hydrogens (tertiary/aromatic N) is 2. The van der Waals surface area contributed by atoms with Crippen LogP contribution in [0.15, 0.2) is 4.52 Å². The highest BCUT2D eigenvalue weighted by Crippen LogP contribution is 2.34. The number of piperidine rings is 1. The number of carbonyl (C=O) groups excluding carboxylic acids is 1. The van der Waals surface area contributed by atoms with E-state index in [1.54, 1.807) is 0 Å². The van der Waals surface area contributed by atoms with E-state index in [1.807, 2.05) is 27.7 Å². The molecule has 0 aliphatic carbocycles. The molecule has 3 atom stereocenters. The van der Waals surface area contributed by atoms with Crippen molar-refractivity contribution >= 4 is 5.91 Å². The largest absolute Gasteiger partial charge is 0.364 e. The van der Waals surface area contributed by atoms with Crippen molar-refractivity contribution < 1.29 is 14.1 Å². The molecule has 2 saturated heterocycles. The fourth-order valence-corrected chi connectivity index (χ4v) is 3.64. The van der Waals surface area contributed by atoms with Gasteiger partial charge in [0.2, 0.25) is 5.91 Å². The maximum atomic E-state index is 12.2. The third-order valence-electron chi connectivity index (χ3n) is 4.92. The van der Waals surface area contributed by atoms with E-state index in [2.05, 4.69) is 15.4 Å². The van der Waals surface area contributed by atoms with Gasteiger partial charge in [-0.3, -0.25) is 9.69 Å². The van der Waals surface area contributed by atoms with Crippen molar-refractivity contribution in [1.29, 1.82) is 0 Å². The highest BCUT2D eigenvalue weighted by Gasteiger charge is 2.42. The smallest absolute Gasteiger partial charge is 0.249 e. The molecule has 0 saturated carbocycles. The van der Waals surface area contributed by atoms with Crippen LogP contribution in [-0.4, -0.2) is 47.3 Å². The van der Waals surface area contributed by atoms with E-state index in [-0.39, 0.29) is 24.2 Å². The summed E-state index contributed by atoms with van der Waals surface area (Å²) in [6.07, 6.45) is 1.81. The lowest BCUT2D eigenvalue weighted by Crippen LogP contribution is -2.42. The minimum atomic E-state index is -0.286. The number of aromatic nitrogens is 1. The number of hydrogen-bond donors (Lipinski definition) is 1. The number of ether oxygens (including phenoxy) is 1. The molecule has 3 heterocycles. The predicted octanol–water partition coefficient (Wildman–Crippen LogP) is 1.80. The molecule has 2 fully saturated rings.